The molecule has 2 nitrogen and oxygen atoms in total. The van der Waals surface area contributed by atoms with Gasteiger partial charge < -0.3 is 4.74 Å². The van der Waals surface area contributed by atoms with Gasteiger partial charge in [0.1, 0.15) is 0 Å². The van der Waals surface area contributed by atoms with Crippen molar-refractivity contribution in [3.8, 4) is 0 Å². The predicted octanol–water partition coefficient (Wildman–Crippen LogP) is 8.45. The number of nitrogens with zero attached hydrogens (tertiary/aromatic N) is 1. The third-order valence-corrected chi connectivity index (χ3v) is 10.7. The number of hydrogen-bond donors (Lipinski definition) is 0. The summed E-state index contributed by atoms with van der Waals surface area (Å²) in [4.78, 5) is 4.30. The zero-order chi connectivity index (χ0) is 23.7. The summed E-state index contributed by atoms with van der Waals surface area (Å²) in [6.45, 7) is 11.9. The molecule has 0 radical (unpaired) electrons. The summed E-state index contributed by atoms with van der Waals surface area (Å²) < 4.78 is 6.48. The molecule has 7 atom stereocenters. The zero-order valence-electron chi connectivity index (χ0n) is 21.9. The summed E-state index contributed by atoms with van der Waals surface area (Å²) in [5.41, 5.74) is 3.90. The minimum atomic E-state index is -0.0204. The Kier molecular flexibility index (Phi) is 5.30. The first kappa shape index (κ1) is 22.8. The Balaban J connectivity index is 1.23. The van der Waals surface area contributed by atoms with Gasteiger partial charge in [0.15, 0.2) is 0 Å². The Labute approximate surface area is 206 Å². The van der Waals surface area contributed by atoms with Gasteiger partial charge >= 0.3 is 0 Å². The number of allylic oxidation sites excluding steroid dienone is 2. The molecular weight excluding hydrogens is 414 g/mol. The summed E-state index contributed by atoms with van der Waals surface area (Å²) in [5.74, 6) is 3.45. The van der Waals surface area contributed by atoms with Gasteiger partial charge in [-0.05, 0) is 135 Å². The second-order valence-electron chi connectivity index (χ2n) is 13.5. The highest BCUT2D eigenvalue weighted by Crippen LogP contribution is 2.67. The third-order valence-electron chi connectivity index (χ3n) is 10.7. The molecule has 34 heavy (non-hydrogen) atoms. The minimum Gasteiger partial charge on any atom is -0.373 e. The first-order chi connectivity index (χ1) is 16.2. The van der Waals surface area contributed by atoms with E-state index in [1.807, 2.05) is 12.4 Å². The van der Waals surface area contributed by atoms with Crippen LogP contribution in [0.1, 0.15) is 91.5 Å². The fourth-order valence-corrected chi connectivity index (χ4v) is 9.09. The smallest absolute Gasteiger partial charge is 0.0602 e. The molecule has 4 aliphatic carbocycles. The Morgan fingerprint density at radius 2 is 1.79 bits per heavy atom. The molecule has 3 fully saturated rings. The van der Waals surface area contributed by atoms with Crippen LogP contribution in [0, 0.1) is 34.5 Å². The highest BCUT2D eigenvalue weighted by atomic mass is 16.5. The van der Waals surface area contributed by atoms with Crippen LogP contribution in [0.25, 0.3) is 16.3 Å². The van der Waals surface area contributed by atoms with Crippen LogP contribution in [0.2, 0.25) is 0 Å². The molecule has 0 saturated heterocycles. The molecule has 2 aromatic rings. The minimum absolute atomic E-state index is 0.0204. The van der Waals surface area contributed by atoms with E-state index in [4.69, 9.17) is 4.74 Å². The average molecular weight is 458 g/mol. The second-order valence-corrected chi connectivity index (χ2v) is 13.5. The average Bonchev–Trinajstić information content (AvgIpc) is 3.15. The van der Waals surface area contributed by atoms with Crippen molar-refractivity contribution in [2.24, 2.45) is 34.5 Å². The van der Waals surface area contributed by atoms with Crippen LogP contribution >= 0.6 is 0 Å². The van der Waals surface area contributed by atoms with Crippen molar-refractivity contribution in [1.82, 2.24) is 4.98 Å². The number of rotatable bonds is 2. The van der Waals surface area contributed by atoms with Gasteiger partial charge in [-0.3, -0.25) is 4.98 Å². The Morgan fingerprint density at radius 3 is 2.62 bits per heavy atom. The second kappa shape index (κ2) is 7.92. The normalized spacial score (nSPS) is 39.8. The molecule has 0 spiro atoms. The maximum atomic E-state index is 6.48. The molecule has 0 unspecified atom stereocenters. The van der Waals surface area contributed by atoms with Gasteiger partial charge in [0, 0.05) is 17.8 Å². The molecule has 1 heterocycles. The number of hydrogen-bond acceptors (Lipinski definition) is 2. The summed E-state index contributed by atoms with van der Waals surface area (Å²) in [7, 11) is 0. The van der Waals surface area contributed by atoms with E-state index in [-0.39, 0.29) is 5.60 Å². The van der Waals surface area contributed by atoms with E-state index in [1.54, 1.807) is 5.57 Å². The molecule has 182 valence electrons. The van der Waals surface area contributed by atoms with Gasteiger partial charge in [-0.2, -0.15) is 0 Å². The number of fused-ring (bicyclic) bond motifs is 6. The van der Waals surface area contributed by atoms with Gasteiger partial charge in [-0.25, -0.2) is 0 Å². The van der Waals surface area contributed by atoms with E-state index < -0.39 is 0 Å². The summed E-state index contributed by atoms with van der Waals surface area (Å²) >= 11 is 0. The molecule has 4 aliphatic rings. The fraction of sp³-hybridized carbons (Fsp3) is 0.656. The molecular formula is C32H43NO. The highest BCUT2D eigenvalue weighted by Gasteiger charge is 2.58. The lowest BCUT2D eigenvalue weighted by Crippen LogP contribution is -2.54. The van der Waals surface area contributed by atoms with E-state index in [2.05, 4.69) is 69.9 Å². The van der Waals surface area contributed by atoms with Gasteiger partial charge in [0.25, 0.3) is 0 Å². The van der Waals surface area contributed by atoms with Gasteiger partial charge in [0.05, 0.1) is 11.7 Å². The van der Waals surface area contributed by atoms with E-state index in [0.717, 1.165) is 23.7 Å². The summed E-state index contributed by atoms with van der Waals surface area (Å²) in [5, 5.41) is 2.56. The zero-order valence-corrected chi connectivity index (χ0v) is 21.9. The molecule has 1 aromatic carbocycles. The number of aromatic nitrogens is 1. The monoisotopic (exact) mass is 457 g/mol. The largest absolute Gasteiger partial charge is 0.373 e. The number of benzene rings is 1. The van der Waals surface area contributed by atoms with Gasteiger partial charge in [-0.15, -0.1) is 0 Å². The van der Waals surface area contributed by atoms with Crippen LogP contribution < -0.4 is 0 Å². The van der Waals surface area contributed by atoms with Gasteiger partial charge in [0.2, 0.25) is 0 Å². The summed E-state index contributed by atoms with van der Waals surface area (Å²) in [6, 6.07) is 9.19. The van der Waals surface area contributed by atoms with Crippen molar-refractivity contribution in [1.29, 1.82) is 0 Å². The molecule has 2 heteroatoms. The van der Waals surface area contributed by atoms with Crippen LogP contribution in [0.4, 0.5) is 0 Å². The van der Waals surface area contributed by atoms with E-state index in [1.165, 1.54) is 67.7 Å². The van der Waals surface area contributed by atoms with Crippen LogP contribution in [-0.4, -0.2) is 16.7 Å². The topological polar surface area (TPSA) is 22.1 Å². The van der Waals surface area contributed by atoms with Crippen LogP contribution in [-0.2, 0) is 4.74 Å². The van der Waals surface area contributed by atoms with Crippen molar-refractivity contribution < 1.29 is 4.74 Å². The quantitative estimate of drug-likeness (QED) is 0.451. The van der Waals surface area contributed by atoms with E-state index >= 15 is 0 Å². The Bertz CT molecular complexity index is 1110. The third kappa shape index (κ3) is 3.58. The Morgan fingerprint density at radius 1 is 0.941 bits per heavy atom. The Hall–Kier alpha value is -1.67. The first-order valence-electron chi connectivity index (χ1n) is 13.9. The summed E-state index contributed by atoms with van der Waals surface area (Å²) in [6.07, 6.45) is 17.8. The predicted molar refractivity (Wildman–Crippen MR) is 141 cm³/mol. The SMILES string of the molecule is CC(C)(C)O[C@@H]1CC[C@@]2(C)[C@@H](CC[C@@H]3[C@@H]2CC[C@]2(C)C(c4ccc5cnccc5c4)=CC[C@@H]32)C1. The van der Waals surface area contributed by atoms with Crippen molar-refractivity contribution in [3.63, 3.8) is 0 Å². The van der Waals surface area contributed by atoms with Gasteiger partial charge in [-0.1, -0.05) is 32.1 Å². The number of pyridine rings is 1. The molecule has 0 aliphatic heterocycles. The standard InChI is InChI=1S/C32H43NO/c1-30(2,3)34-25-12-15-31(4)24(19-25)8-9-26-28-11-10-27(32(28,5)16-13-29(26)31)22-6-7-23-20-33-17-14-21(23)18-22/h6-7,10,14,17-18,20,24-26,28-29H,8-9,11-13,15-16,19H2,1-5H3/t24-,25+,26-,28-,29-,31-,32+/m0/s1. The van der Waals surface area contributed by atoms with Crippen molar-refractivity contribution in [2.75, 3.05) is 0 Å². The fourth-order valence-electron chi connectivity index (χ4n) is 9.09. The van der Waals surface area contributed by atoms with Crippen LogP contribution in [0.3, 0.4) is 0 Å². The van der Waals surface area contributed by atoms with Crippen molar-refractivity contribution in [3.05, 3.63) is 48.3 Å². The van der Waals surface area contributed by atoms with Crippen LogP contribution in [0.15, 0.2) is 42.7 Å². The maximum Gasteiger partial charge on any atom is 0.0602 e. The molecule has 3 saturated carbocycles. The van der Waals surface area contributed by atoms with Crippen molar-refractivity contribution >= 4 is 16.3 Å². The lowest BCUT2D eigenvalue weighted by molar-refractivity contribution is -0.148. The maximum absolute atomic E-state index is 6.48. The molecule has 1 aromatic heterocycles. The highest BCUT2D eigenvalue weighted by molar-refractivity contribution is 5.86. The lowest BCUT2D eigenvalue weighted by atomic mass is 9.44. The molecule has 0 bridgehead atoms. The molecule has 0 N–H and O–H groups in total. The van der Waals surface area contributed by atoms with E-state index in [9.17, 15) is 0 Å². The van der Waals surface area contributed by atoms with Crippen molar-refractivity contribution in [2.45, 2.75) is 97.7 Å². The first-order valence-corrected chi connectivity index (χ1v) is 13.9. The lowest BCUT2D eigenvalue weighted by Gasteiger charge is -2.61. The molecule has 0 amide bonds. The van der Waals surface area contributed by atoms with E-state index in [0.29, 0.717) is 16.9 Å². The number of ether oxygens (including phenoxy) is 1. The van der Waals surface area contributed by atoms with Crippen LogP contribution in [0.5, 0.6) is 0 Å². The molecule has 6 rings (SSSR count).